The van der Waals surface area contributed by atoms with E-state index in [0.29, 0.717) is 36.6 Å². The number of sulfonamides is 1. The summed E-state index contributed by atoms with van der Waals surface area (Å²) < 4.78 is 38.9. The van der Waals surface area contributed by atoms with Gasteiger partial charge in [-0.25, -0.2) is 8.42 Å². The third-order valence-corrected chi connectivity index (χ3v) is 7.29. The van der Waals surface area contributed by atoms with E-state index in [1.165, 1.54) is 30.7 Å². The van der Waals surface area contributed by atoms with Gasteiger partial charge in [-0.1, -0.05) is 22.4 Å². The molecule has 0 aromatic heterocycles. The number of carbonyl (C=O) groups is 1. The maximum absolute atomic E-state index is 13.2. The molecule has 1 N–H and O–H groups in total. The number of halogens is 1. The van der Waals surface area contributed by atoms with Crippen LogP contribution in [-0.4, -0.2) is 45.4 Å². The third-order valence-electron chi connectivity index (χ3n) is 4.84. The van der Waals surface area contributed by atoms with Gasteiger partial charge >= 0.3 is 0 Å². The highest BCUT2D eigenvalue weighted by Crippen LogP contribution is 2.31. The van der Waals surface area contributed by atoms with Gasteiger partial charge in [-0.2, -0.15) is 4.31 Å². The van der Waals surface area contributed by atoms with Gasteiger partial charge in [0.1, 0.15) is 17.5 Å². The lowest BCUT2D eigenvalue weighted by atomic mass is 10.0. The Labute approximate surface area is 179 Å². The van der Waals surface area contributed by atoms with E-state index in [4.69, 9.17) is 9.47 Å². The number of ether oxygens (including phenoxy) is 2. The average molecular weight is 483 g/mol. The van der Waals surface area contributed by atoms with E-state index in [1.54, 1.807) is 30.3 Å². The molecule has 0 saturated carbocycles. The molecule has 1 amide bonds. The first kappa shape index (κ1) is 21.6. The van der Waals surface area contributed by atoms with Crippen molar-refractivity contribution in [3.05, 3.63) is 46.9 Å². The molecule has 0 unspecified atom stereocenters. The van der Waals surface area contributed by atoms with Gasteiger partial charge in [0, 0.05) is 17.1 Å². The summed E-state index contributed by atoms with van der Waals surface area (Å²) in [6.07, 6.45) is 1.94. The van der Waals surface area contributed by atoms with Gasteiger partial charge in [0.15, 0.2) is 0 Å². The van der Waals surface area contributed by atoms with Crippen LogP contribution in [0.1, 0.15) is 19.3 Å². The van der Waals surface area contributed by atoms with Crippen molar-refractivity contribution in [2.45, 2.75) is 30.2 Å². The van der Waals surface area contributed by atoms with E-state index in [9.17, 15) is 13.2 Å². The summed E-state index contributed by atoms with van der Waals surface area (Å²) in [5, 5.41) is 2.81. The van der Waals surface area contributed by atoms with Gasteiger partial charge in [0.25, 0.3) is 0 Å². The van der Waals surface area contributed by atoms with Gasteiger partial charge < -0.3 is 14.8 Å². The van der Waals surface area contributed by atoms with E-state index in [1.807, 2.05) is 0 Å². The summed E-state index contributed by atoms with van der Waals surface area (Å²) in [5.41, 5.74) is 0.434. The topological polar surface area (TPSA) is 84.9 Å². The fourth-order valence-corrected chi connectivity index (χ4v) is 5.25. The van der Waals surface area contributed by atoms with Gasteiger partial charge in [-0.05, 0) is 49.2 Å². The van der Waals surface area contributed by atoms with Crippen LogP contribution in [0.5, 0.6) is 11.5 Å². The molecule has 0 spiro atoms. The summed E-state index contributed by atoms with van der Waals surface area (Å²) in [7, 11) is -0.767. The van der Waals surface area contributed by atoms with Crippen LogP contribution in [0.25, 0.3) is 0 Å². The average Bonchev–Trinajstić information content (AvgIpc) is 2.74. The molecule has 1 saturated heterocycles. The van der Waals surface area contributed by atoms with Crippen molar-refractivity contribution in [2.24, 2.45) is 0 Å². The summed E-state index contributed by atoms with van der Waals surface area (Å²) in [6, 6.07) is 10.7. The van der Waals surface area contributed by atoms with E-state index in [2.05, 4.69) is 21.2 Å². The maximum atomic E-state index is 13.2. The lowest BCUT2D eigenvalue weighted by molar-refractivity contribution is -0.120. The Morgan fingerprint density at radius 1 is 1.10 bits per heavy atom. The van der Waals surface area contributed by atoms with Gasteiger partial charge in [0.05, 0.1) is 24.8 Å². The summed E-state index contributed by atoms with van der Waals surface area (Å²) in [4.78, 5) is 13.2. The van der Waals surface area contributed by atoms with E-state index < -0.39 is 22.0 Å². The van der Waals surface area contributed by atoms with Crippen molar-refractivity contribution < 1.29 is 22.7 Å². The fraction of sp³-hybridized carbons (Fsp3) is 0.350. The Morgan fingerprint density at radius 2 is 1.83 bits per heavy atom. The second-order valence-corrected chi connectivity index (χ2v) is 9.44. The molecule has 29 heavy (non-hydrogen) atoms. The SMILES string of the molecule is COc1ccc(OC)c(NC(=O)[C@H]2CCCCN2S(=O)(=O)c2ccc(Br)cc2)c1. The molecule has 0 bridgehead atoms. The molecule has 0 aliphatic carbocycles. The molecular weight excluding hydrogens is 460 g/mol. The quantitative estimate of drug-likeness (QED) is 0.678. The molecule has 156 valence electrons. The largest absolute Gasteiger partial charge is 0.497 e. The first-order chi connectivity index (χ1) is 13.9. The third kappa shape index (κ3) is 4.73. The van der Waals surface area contributed by atoms with Crippen LogP contribution in [0.3, 0.4) is 0 Å². The predicted molar refractivity (Wildman–Crippen MR) is 114 cm³/mol. The fourth-order valence-electron chi connectivity index (χ4n) is 3.32. The van der Waals surface area contributed by atoms with Crippen molar-refractivity contribution in [3.8, 4) is 11.5 Å². The zero-order valence-corrected chi connectivity index (χ0v) is 18.6. The monoisotopic (exact) mass is 482 g/mol. The number of nitrogens with zero attached hydrogens (tertiary/aromatic N) is 1. The molecule has 1 aliphatic heterocycles. The second kappa shape index (κ2) is 9.15. The van der Waals surface area contributed by atoms with Gasteiger partial charge in [-0.15, -0.1) is 0 Å². The number of benzene rings is 2. The van der Waals surface area contributed by atoms with Crippen LogP contribution in [0, 0.1) is 0 Å². The van der Waals surface area contributed by atoms with Crippen LogP contribution in [0.4, 0.5) is 5.69 Å². The van der Waals surface area contributed by atoms with Crippen molar-refractivity contribution in [2.75, 3.05) is 26.1 Å². The van der Waals surface area contributed by atoms with Gasteiger partial charge in [-0.3, -0.25) is 4.79 Å². The standard InChI is InChI=1S/C20H23BrN2O5S/c1-27-15-8-11-19(28-2)17(13-15)22-20(24)18-5-3-4-12-23(18)29(25,26)16-9-6-14(21)7-10-16/h6-11,13,18H,3-5,12H2,1-2H3,(H,22,24)/t18-/m1/s1. The highest BCUT2D eigenvalue weighted by Gasteiger charge is 2.37. The Hall–Kier alpha value is -2.10. The molecule has 1 fully saturated rings. The zero-order chi connectivity index (χ0) is 21.0. The first-order valence-electron chi connectivity index (χ1n) is 9.17. The van der Waals surface area contributed by atoms with E-state index in [-0.39, 0.29) is 4.90 Å². The summed E-state index contributed by atoms with van der Waals surface area (Å²) in [5.74, 6) is 0.637. The van der Waals surface area contributed by atoms with Crippen LogP contribution in [0.15, 0.2) is 51.8 Å². The van der Waals surface area contributed by atoms with Crippen LogP contribution < -0.4 is 14.8 Å². The number of amides is 1. The Morgan fingerprint density at radius 3 is 2.48 bits per heavy atom. The lowest BCUT2D eigenvalue weighted by Gasteiger charge is -2.33. The van der Waals surface area contributed by atoms with Gasteiger partial charge in [0.2, 0.25) is 15.9 Å². The number of piperidine rings is 1. The summed E-state index contributed by atoms with van der Waals surface area (Å²) >= 11 is 3.31. The lowest BCUT2D eigenvalue weighted by Crippen LogP contribution is -2.49. The molecule has 1 atom stereocenters. The molecule has 2 aromatic carbocycles. The Balaban J connectivity index is 1.88. The molecular formula is C20H23BrN2O5S. The molecule has 9 heteroatoms. The maximum Gasteiger partial charge on any atom is 0.243 e. The van der Waals surface area contributed by atoms with E-state index >= 15 is 0 Å². The Bertz CT molecular complexity index is 979. The van der Waals surface area contributed by atoms with Crippen molar-refractivity contribution in [3.63, 3.8) is 0 Å². The number of rotatable bonds is 6. The molecule has 2 aromatic rings. The summed E-state index contributed by atoms with van der Waals surface area (Å²) in [6.45, 7) is 0.297. The highest BCUT2D eigenvalue weighted by atomic mass is 79.9. The first-order valence-corrected chi connectivity index (χ1v) is 11.4. The number of nitrogens with one attached hydrogen (secondary N) is 1. The highest BCUT2D eigenvalue weighted by molar-refractivity contribution is 9.10. The number of anilines is 1. The van der Waals surface area contributed by atoms with Crippen LogP contribution >= 0.6 is 15.9 Å². The zero-order valence-electron chi connectivity index (χ0n) is 16.2. The number of methoxy groups -OCH3 is 2. The minimum Gasteiger partial charge on any atom is -0.497 e. The molecule has 1 aliphatic rings. The molecule has 3 rings (SSSR count). The van der Waals surface area contributed by atoms with E-state index in [0.717, 1.165) is 10.9 Å². The van der Waals surface area contributed by atoms with Crippen LogP contribution in [0.2, 0.25) is 0 Å². The van der Waals surface area contributed by atoms with Crippen molar-refractivity contribution >= 4 is 37.5 Å². The minimum absolute atomic E-state index is 0.166. The Kier molecular flexibility index (Phi) is 6.81. The smallest absolute Gasteiger partial charge is 0.243 e. The minimum atomic E-state index is -3.80. The van der Waals surface area contributed by atoms with Crippen molar-refractivity contribution in [1.82, 2.24) is 4.31 Å². The normalized spacial score (nSPS) is 17.6. The second-order valence-electron chi connectivity index (χ2n) is 6.64. The number of carbonyl (C=O) groups excluding carboxylic acids is 1. The van der Waals surface area contributed by atoms with Crippen molar-refractivity contribution in [1.29, 1.82) is 0 Å². The predicted octanol–water partition coefficient (Wildman–Crippen LogP) is 3.65. The molecule has 1 heterocycles. The number of hydrogen-bond donors (Lipinski definition) is 1. The number of hydrogen-bond acceptors (Lipinski definition) is 5. The molecule has 7 nitrogen and oxygen atoms in total. The van der Waals surface area contributed by atoms with Crippen LogP contribution in [-0.2, 0) is 14.8 Å². The molecule has 0 radical (unpaired) electrons.